The third kappa shape index (κ3) is 4.63. The first kappa shape index (κ1) is 20.3. The molecule has 4 rings (SSSR count). The predicted molar refractivity (Wildman–Crippen MR) is 114 cm³/mol. The van der Waals surface area contributed by atoms with Crippen molar-refractivity contribution in [3.63, 3.8) is 0 Å². The summed E-state index contributed by atoms with van der Waals surface area (Å²) in [5, 5.41) is 0. The van der Waals surface area contributed by atoms with Gasteiger partial charge in [-0.3, -0.25) is 9.88 Å². The smallest absolute Gasteiger partial charge is 0.170 e. The first-order valence-electron chi connectivity index (χ1n) is 10.7. The Morgan fingerprint density at radius 1 is 1.07 bits per heavy atom. The minimum absolute atomic E-state index is 0.170. The number of benzene rings is 1. The number of rotatable bonds is 5. The van der Waals surface area contributed by atoms with Gasteiger partial charge in [0.15, 0.2) is 5.79 Å². The fraction of sp³-hybridized carbons (Fsp3) is 0.542. The quantitative estimate of drug-likeness (QED) is 0.745. The van der Waals surface area contributed by atoms with E-state index in [0.717, 1.165) is 73.8 Å². The second kappa shape index (κ2) is 8.42. The van der Waals surface area contributed by atoms with Gasteiger partial charge in [0.2, 0.25) is 0 Å². The fourth-order valence-corrected chi connectivity index (χ4v) is 4.35. The van der Waals surface area contributed by atoms with Crippen molar-refractivity contribution in [1.29, 1.82) is 0 Å². The second-order valence-electron chi connectivity index (χ2n) is 8.54. The number of aromatic nitrogens is 1. The summed E-state index contributed by atoms with van der Waals surface area (Å²) < 4.78 is 17.7. The zero-order valence-corrected chi connectivity index (χ0v) is 18.0. The van der Waals surface area contributed by atoms with Crippen LogP contribution in [0.3, 0.4) is 0 Å². The van der Waals surface area contributed by atoms with Crippen LogP contribution in [-0.2, 0) is 16.0 Å². The third-order valence-corrected chi connectivity index (χ3v) is 5.77. The predicted octanol–water partition coefficient (Wildman–Crippen LogP) is 4.49. The Kier molecular flexibility index (Phi) is 5.91. The van der Waals surface area contributed by atoms with Crippen molar-refractivity contribution < 1.29 is 14.2 Å². The molecule has 1 spiro atoms. The number of hydrogen-bond donors (Lipinski definition) is 0. The number of nitrogens with zero attached hydrogens (tertiary/aromatic N) is 2. The summed E-state index contributed by atoms with van der Waals surface area (Å²) in [4.78, 5) is 7.11. The Hall–Kier alpha value is -1.95. The fourth-order valence-electron chi connectivity index (χ4n) is 4.35. The standard InChI is InChI=1S/C24H32N2O3/c1-17(2)29-23-18(3)13-21(14-19(23)4)22-15-20(5-8-25-22)16-26-9-6-24(7-10-26)27-11-12-28-24/h5,8,13-15,17H,6-7,9-12,16H2,1-4H3. The van der Waals surface area contributed by atoms with Crippen molar-refractivity contribution in [1.82, 2.24) is 9.88 Å². The van der Waals surface area contributed by atoms with E-state index in [-0.39, 0.29) is 11.9 Å². The Labute approximate surface area is 174 Å². The molecule has 2 aromatic rings. The average Bonchev–Trinajstić information content (AvgIpc) is 3.15. The molecule has 1 aromatic carbocycles. The van der Waals surface area contributed by atoms with Crippen LogP contribution in [0, 0.1) is 13.8 Å². The second-order valence-corrected chi connectivity index (χ2v) is 8.54. The summed E-state index contributed by atoms with van der Waals surface area (Å²) in [5.41, 5.74) is 5.75. The molecule has 0 amide bonds. The molecule has 0 unspecified atom stereocenters. The van der Waals surface area contributed by atoms with Gasteiger partial charge in [-0.1, -0.05) is 0 Å². The minimum atomic E-state index is -0.311. The first-order valence-corrected chi connectivity index (χ1v) is 10.7. The summed E-state index contributed by atoms with van der Waals surface area (Å²) in [6.07, 6.45) is 3.98. The molecule has 2 aliphatic rings. The molecule has 156 valence electrons. The number of pyridine rings is 1. The van der Waals surface area contributed by atoms with Gasteiger partial charge in [0.25, 0.3) is 0 Å². The highest BCUT2D eigenvalue weighted by Crippen LogP contribution is 2.33. The molecule has 29 heavy (non-hydrogen) atoms. The summed E-state index contributed by atoms with van der Waals surface area (Å²) >= 11 is 0. The van der Waals surface area contributed by atoms with Gasteiger partial charge in [-0.05, 0) is 68.7 Å². The normalized spacial score (nSPS) is 19.2. The molecule has 0 bridgehead atoms. The largest absolute Gasteiger partial charge is 0.490 e. The van der Waals surface area contributed by atoms with Crippen LogP contribution < -0.4 is 4.74 Å². The summed E-state index contributed by atoms with van der Waals surface area (Å²) in [6.45, 7) is 12.7. The van der Waals surface area contributed by atoms with Crippen molar-refractivity contribution in [2.75, 3.05) is 26.3 Å². The number of ether oxygens (including phenoxy) is 3. The van der Waals surface area contributed by atoms with Crippen LogP contribution in [-0.4, -0.2) is 48.1 Å². The van der Waals surface area contributed by atoms with Gasteiger partial charge in [-0.15, -0.1) is 0 Å². The Balaban J connectivity index is 1.46. The first-order chi connectivity index (χ1) is 13.9. The van der Waals surface area contributed by atoms with Crippen LogP contribution in [0.5, 0.6) is 5.75 Å². The van der Waals surface area contributed by atoms with Crippen LogP contribution in [0.15, 0.2) is 30.5 Å². The van der Waals surface area contributed by atoms with Gasteiger partial charge < -0.3 is 14.2 Å². The zero-order valence-electron chi connectivity index (χ0n) is 18.0. The molecule has 2 saturated heterocycles. The lowest BCUT2D eigenvalue weighted by atomic mass is 10.0. The van der Waals surface area contributed by atoms with Gasteiger partial charge in [0.1, 0.15) is 5.75 Å². The molecular formula is C24H32N2O3. The lowest BCUT2D eigenvalue weighted by molar-refractivity contribution is -0.185. The van der Waals surface area contributed by atoms with Crippen LogP contribution >= 0.6 is 0 Å². The van der Waals surface area contributed by atoms with Crippen molar-refractivity contribution in [2.24, 2.45) is 0 Å². The van der Waals surface area contributed by atoms with E-state index in [9.17, 15) is 0 Å². The maximum absolute atomic E-state index is 5.98. The van der Waals surface area contributed by atoms with Crippen LogP contribution in [0.25, 0.3) is 11.3 Å². The highest BCUT2D eigenvalue weighted by molar-refractivity contribution is 5.64. The van der Waals surface area contributed by atoms with Crippen LogP contribution in [0.2, 0.25) is 0 Å². The average molecular weight is 397 g/mol. The molecule has 0 saturated carbocycles. The Morgan fingerprint density at radius 2 is 1.72 bits per heavy atom. The Morgan fingerprint density at radius 3 is 2.34 bits per heavy atom. The maximum Gasteiger partial charge on any atom is 0.170 e. The molecule has 3 heterocycles. The lowest BCUT2D eigenvalue weighted by Gasteiger charge is -2.37. The van der Waals surface area contributed by atoms with Gasteiger partial charge in [-0.2, -0.15) is 0 Å². The van der Waals surface area contributed by atoms with E-state index in [1.54, 1.807) is 0 Å². The molecule has 1 aromatic heterocycles. The molecule has 5 heteroatoms. The van der Waals surface area contributed by atoms with E-state index in [0.29, 0.717) is 0 Å². The van der Waals surface area contributed by atoms with Crippen LogP contribution in [0.4, 0.5) is 0 Å². The van der Waals surface area contributed by atoms with Gasteiger partial charge >= 0.3 is 0 Å². The monoisotopic (exact) mass is 396 g/mol. The molecule has 2 aliphatic heterocycles. The molecule has 0 N–H and O–H groups in total. The molecule has 5 nitrogen and oxygen atoms in total. The van der Waals surface area contributed by atoms with E-state index >= 15 is 0 Å². The zero-order chi connectivity index (χ0) is 20.4. The van der Waals surface area contributed by atoms with E-state index in [1.807, 2.05) is 6.20 Å². The number of likely N-dealkylation sites (tertiary alicyclic amines) is 1. The summed E-state index contributed by atoms with van der Waals surface area (Å²) in [5.74, 6) is 0.674. The van der Waals surface area contributed by atoms with Crippen molar-refractivity contribution in [3.8, 4) is 17.0 Å². The summed E-state index contributed by atoms with van der Waals surface area (Å²) in [6, 6.07) is 8.68. The van der Waals surface area contributed by atoms with Crippen LogP contribution in [0.1, 0.15) is 43.4 Å². The number of aryl methyl sites for hydroxylation is 2. The maximum atomic E-state index is 5.98. The van der Waals surface area contributed by atoms with Crippen molar-refractivity contribution in [3.05, 3.63) is 47.2 Å². The van der Waals surface area contributed by atoms with E-state index in [1.165, 1.54) is 5.56 Å². The van der Waals surface area contributed by atoms with Gasteiger partial charge in [0.05, 0.1) is 25.0 Å². The van der Waals surface area contributed by atoms with E-state index in [2.05, 4.69) is 61.8 Å². The number of hydrogen-bond acceptors (Lipinski definition) is 5. The topological polar surface area (TPSA) is 43.8 Å². The molecule has 0 radical (unpaired) electrons. The van der Waals surface area contributed by atoms with E-state index in [4.69, 9.17) is 14.2 Å². The SMILES string of the molecule is Cc1cc(-c2cc(CN3CCC4(CC3)OCCO4)ccn2)cc(C)c1OC(C)C. The highest BCUT2D eigenvalue weighted by Gasteiger charge is 2.39. The number of piperidine rings is 1. The third-order valence-electron chi connectivity index (χ3n) is 5.77. The minimum Gasteiger partial charge on any atom is -0.490 e. The van der Waals surface area contributed by atoms with Crippen molar-refractivity contribution >= 4 is 0 Å². The van der Waals surface area contributed by atoms with Crippen molar-refractivity contribution in [2.45, 2.75) is 59.0 Å². The molecular weight excluding hydrogens is 364 g/mol. The van der Waals surface area contributed by atoms with E-state index < -0.39 is 0 Å². The van der Waals surface area contributed by atoms with Gasteiger partial charge in [0, 0.05) is 44.2 Å². The van der Waals surface area contributed by atoms with Gasteiger partial charge in [-0.25, -0.2) is 0 Å². The molecule has 0 aliphatic carbocycles. The Bertz CT molecular complexity index is 826. The summed E-state index contributed by atoms with van der Waals surface area (Å²) in [7, 11) is 0. The molecule has 2 fully saturated rings. The lowest BCUT2D eigenvalue weighted by Crippen LogP contribution is -2.44. The highest BCUT2D eigenvalue weighted by atomic mass is 16.7. The molecule has 0 atom stereocenters.